The highest BCUT2D eigenvalue weighted by Crippen LogP contribution is 2.07. The summed E-state index contributed by atoms with van der Waals surface area (Å²) in [5.74, 6) is -1.03. The van der Waals surface area contributed by atoms with Gasteiger partial charge < -0.3 is 10.4 Å². The number of carboxylic acid groups (broad SMARTS) is 1. The predicted octanol–water partition coefficient (Wildman–Crippen LogP) is 1.09. The van der Waals surface area contributed by atoms with Crippen molar-refractivity contribution in [1.29, 1.82) is 0 Å². The summed E-state index contributed by atoms with van der Waals surface area (Å²) in [6.07, 6.45) is 5.06. The number of rotatable bonds is 5. The van der Waals surface area contributed by atoms with Crippen LogP contribution >= 0.6 is 0 Å². The van der Waals surface area contributed by atoms with E-state index in [1.807, 2.05) is 12.3 Å². The number of carbonyl (C=O) groups is 1. The summed E-state index contributed by atoms with van der Waals surface area (Å²) in [5, 5.41) is 16.0. The molecule has 0 saturated carbocycles. The molecular formula is C11H12N4O2. The fourth-order valence-corrected chi connectivity index (χ4v) is 1.40. The largest absolute Gasteiger partial charge is 0.477 e. The zero-order chi connectivity index (χ0) is 12.1. The molecule has 0 aliphatic heterocycles. The summed E-state index contributed by atoms with van der Waals surface area (Å²) in [7, 11) is 0. The first-order valence-corrected chi connectivity index (χ1v) is 5.16. The van der Waals surface area contributed by atoms with Crippen molar-refractivity contribution >= 4 is 11.7 Å². The van der Waals surface area contributed by atoms with Gasteiger partial charge in [0.1, 0.15) is 5.69 Å². The molecule has 2 rings (SSSR count). The van der Waals surface area contributed by atoms with E-state index >= 15 is 0 Å². The Balaban J connectivity index is 1.90. The van der Waals surface area contributed by atoms with Crippen molar-refractivity contribution in [3.05, 3.63) is 42.5 Å². The number of nitrogens with one attached hydrogen (secondary N) is 1. The van der Waals surface area contributed by atoms with Crippen molar-refractivity contribution in [3.8, 4) is 0 Å². The maximum absolute atomic E-state index is 10.7. The lowest BCUT2D eigenvalue weighted by Crippen LogP contribution is -2.11. The van der Waals surface area contributed by atoms with E-state index in [1.165, 1.54) is 12.3 Å². The van der Waals surface area contributed by atoms with Gasteiger partial charge in [-0.1, -0.05) is 0 Å². The van der Waals surface area contributed by atoms with Crippen molar-refractivity contribution in [1.82, 2.24) is 14.8 Å². The maximum atomic E-state index is 10.7. The minimum Gasteiger partial charge on any atom is -0.477 e. The summed E-state index contributed by atoms with van der Waals surface area (Å²) >= 11 is 0. The number of aromatic carboxylic acids is 1. The van der Waals surface area contributed by atoms with Crippen molar-refractivity contribution in [2.24, 2.45) is 0 Å². The molecule has 0 fully saturated rings. The van der Waals surface area contributed by atoms with E-state index in [1.54, 1.807) is 16.9 Å². The van der Waals surface area contributed by atoms with Crippen LogP contribution in [0.25, 0.3) is 0 Å². The molecule has 2 N–H and O–H groups in total. The number of anilines is 1. The topological polar surface area (TPSA) is 80.0 Å². The summed E-state index contributed by atoms with van der Waals surface area (Å²) in [5.41, 5.74) is 0.777. The summed E-state index contributed by atoms with van der Waals surface area (Å²) in [6.45, 7) is 1.39. The molecule has 0 aromatic carbocycles. The second-order valence-electron chi connectivity index (χ2n) is 3.43. The lowest BCUT2D eigenvalue weighted by molar-refractivity contribution is 0.0690. The first kappa shape index (κ1) is 11.1. The zero-order valence-electron chi connectivity index (χ0n) is 9.08. The van der Waals surface area contributed by atoms with Gasteiger partial charge in [-0.3, -0.25) is 4.68 Å². The highest BCUT2D eigenvalue weighted by atomic mass is 16.4. The fourth-order valence-electron chi connectivity index (χ4n) is 1.40. The Bertz CT molecular complexity index is 496. The van der Waals surface area contributed by atoms with Gasteiger partial charge in [-0.25, -0.2) is 9.78 Å². The summed E-state index contributed by atoms with van der Waals surface area (Å²) < 4.78 is 1.80. The Morgan fingerprint density at radius 1 is 1.47 bits per heavy atom. The normalized spacial score (nSPS) is 10.1. The van der Waals surface area contributed by atoms with Gasteiger partial charge >= 0.3 is 5.97 Å². The van der Waals surface area contributed by atoms with Crippen molar-refractivity contribution in [2.45, 2.75) is 6.54 Å². The average Bonchev–Trinajstić information content (AvgIpc) is 2.82. The number of aromatic nitrogens is 3. The van der Waals surface area contributed by atoms with Gasteiger partial charge in [-0.2, -0.15) is 5.10 Å². The number of nitrogens with zero attached hydrogens (tertiary/aromatic N) is 3. The smallest absolute Gasteiger partial charge is 0.354 e. The molecule has 0 aliphatic carbocycles. The van der Waals surface area contributed by atoms with E-state index in [-0.39, 0.29) is 5.69 Å². The van der Waals surface area contributed by atoms with E-state index in [0.717, 1.165) is 12.2 Å². The molecule has 0 spiro atoms. The van der Waals surface area contributed by atoms with Crippen LogP contribution in [0, 0.1) is 0 Å². The summed E-state index contributed by atoms with van der Waals surface area (Å²) in [6, 6.07) is 5.09. The number of pyridine rings is 1. The standard InChI is InChI=1S/C11H12N4O2/c16-11(17)10-8-9(2-4-13-10)12-5-7-15-6-1-3-14-15/h1-4,6,8H,5,7H2,(H,12,13)(H,16,17). The van der Waals surface area contributed by atoms with Crippen LogP contribution in [0.5, 0.6) is 0 Å². The Morgan fingerprint density at radius 2 is 2.35 bits per heavy atom. The van der Waals surface area contributed by atoms with Gasteiger partial charge in [0.2, 0.25) is 0 Å². The highest BCUT2D eigenvalue weighted by molar-refractivity contribution is 5.86. The molecule has 0 unspecified atom stereocenters. The molecule has 17 heavy (non-hydrogen) atoms. The molecule has 0 bridgehead atoms. The van der Waals surface area contributed by atoms with Crippen LogP contribution in [0.1, 0.15) is 10.5 Å². The maximum Gasteiger partial charge on any atom is 0.354 e. The van der Waals surface area contributed by atoms with Crippen LogP contribution in [0.3, 0.4) is 0 Å². The predicted molar refractivity (Wildman–Crippen MR) is 61.9 cm³/mol. The van der Waals surface area contributed by atoms with Gasteiger partial charge in [0, 0.05) is 30.8 Å². The molecule has 2 aromatic rings. The SMILES string of the molecule is O=C(O)c1cc(NCCn2cccn2)ccn1. The van der Waals surface area contributed by atoms with Gasteiger partial charge in [0.05, 0.1) is 6.54 Å². The molecule has 0 atom stereocenters. The first-order chi connectivity index (χ1) is 8.25. The quantitative estimate of drug-likeness (QED) is 0.806. The number of hydrogen-bond acceptors (Lipinski definition) is 4. The van der Waals surface area contributed by atoms with Gasteiger partial charge in [0.25, 0.3) is 0 Å². The van der Waals surface area contributed by atoms with Crippen molar-refractivity contribution < 1.29 is 9.90 Å². The monoisotopic (exact) mass is 232 g/mol. The van der Waals surface area contributed by atoms with Gasteiger partial charge in [-0.05, 0) is 18.2 Å². The third-order valence-electron chi connectivity index (χ3n) is 2.21. The van der Waals surface area contributed by atoms with Crippen molar-refractivity contribution in [2.75, 3.05) is 11.9 Å². The Kier molecular flexibility index (Phi) is 3.34. The second-order valence-corrected chi connectivity index (χ2v) is 3.43. The number of carboxylic acids is 1. The second kappa shape index (κ2) is 5.11. The molecule has 2 aromatic heterocycles. The molecule has 0 aliphatic rings. The fraction of sp³-hybridized carbons (Fsp3) is 0.182. The van der Waals surface area contributed by atoms with Crippen LogP contribution < -0.4 is 5.32 Å². The van der Waals surface area contributed by atoms with E-state index in [9.17, 15) is 4.79 Å². The van der Waals surface area contributed by atoms with E-state index in [2.05, 4.69) is 15.4 Å². The molecule has 88 valence electrons. The Morgan fingerprint density at radius 3 is 3.06 bits per heavy atom. The van der Waals surface area contributed by atoms with Crippen molar-refractivity contribution in [3.63, 3.8) is 0 Å². The summed E-state index contributed by atoms with van der Waals surface area (Å²) in [4.78, 5) is 14.4. The average molecular weight is 232 g/mol. The highest BCUT2D eigenvalue weighted by Gasteiger charge is 2.04. The molecule has 0 amide bonds. The van der Waals surface area contributed by atoms with Crippen LogP contribution in [0.4, 0.5) is 5.69 Å². The van der Waals surface area contributed by atoms with E-state index in [0.29, 0.717) is 6.54 Å². The molecular weight excluding hydrogens is 220 g/mol. The van der Waals surface area contributed by atoms with Gasteiger partial charge in [-0.15, -0.1) is 0 Å². The van der Waals surface area contributed by atoms with E-state index < -0.39 is 5.97 Å². The Hall–Kier alpha value is -2.37. The third kappa shape index (κ3) is 3.04. The molecule has 0 radical (unpaired) electrons. The molecule has 0 saturated heterocycles. The Labute approximate surface area is 97.9 Å². The van der Waals surface area contributed by atoms with Crippen LogP contribution in [-0.2, 0) is 6.54 Å². The molecule has 2 heterocycles. The minimum atomic E-state index is -1.03. The van der Waals surface area contributed by atoms with Gasteiger partial charge in [0.15, 0.2) is 0 Å². The lowest BCUT2D eigenvalue weighted by atomic mass is 10.3. The zero-order valence-corrected chi connectivity index (χ0v) is 9.08. The number of hydrogen-bond donors (Lipinski definition) is 2. The van der Waals surface area contributed by atoms with Crippen LogP contribution in [-0.4, -0.2) is 32.4 Å². The first-order valence-electron chi connectivity index (χ1n) is 5.16. The third-order valence-corrected chi connectivity index (χ3v) is 2.21. The molecule has 6 heteroatoms. The van der Waals surface area contributed by atoms with E-state index in [4.69, 9.17) is 5.11 Å². The van der Waals surface area contributed by atoms with Crippen LogP contribution in [0.2, 0.25) is 0 Å². The lowest BCUT2D eigenvalue weighted by Gasteiger charge is -2.06. The molecule has 6 nitrogen and oxygen atoms in total. The minimum absolute atomic E-state index is 0.0362. The van der Waals surface area contributed by atoms with Crippen LogP contribution in [0.15, 0.2) is 36.8 Å².